The lowest BCUT2D eigenvalue weighted by Gasteiger charge is -2.36. The number of carbonyl (C=O) groups is 2. The highest BCUT2D eigenvalue weighted by Crippen LogP contribution is 2.40. The fourth-order valence-electron chi connectivity index (χ4n) is 3.94. The molecule has 0 radical (unpaired) electrons. The minimum absolute atomic E-state index is 0.0472. The fraction of sp³-hybridized carbons (Fsp3) is 0.200. The molecule has 0 saturated carbocycles. The lowest BCUT2D eigenvalue weighted by atomic mass is 10.1. The monoisotopic (exact) mass is 512 g/mol. The third-order valence-corrected chi connectivity index (χ3v) is 7.43. The van der Waals surface area contributed by atoms with E-state index in [1.807, 2.05) is 0 Å². The van der Waals surface area contributed by atoms with Crippen molar-refractivity contribution in [3.05, 3.63) is 71.8 Å². The molecule has 3 aromatic rings. The first-order valence-electron chi connectivity index (χ1n) is 10.7. The smallest absolute Gasteiger partial charge is 0.343 e. The number of hydrogen-bond donors (Lipinski definition) is 0. The summed E-state index contributed by atoms with van der Waals surface area (Å²) in [7, 11) is 1.30. The van der Waals surface area contributed by atoms with Crippen molar-refractivity contribution in [2.75, 3.05) is 37.6 Å². The van der Waals surface area contributed by atoms with Gasteiger partial charge in [-0.2, -0.15) is 4.31 Å². The summed E-state index contributed by atoms with van der Waals surface area (Å²) < 4.78 is 48.8. The summed E-state index contributed by atoms with van der Waals surface area (Å²) in [4.78, 5) is 27.2. The highest BCUT2D eigenvalue weighted by molar-refractivity contribution is 7.94. The van der Waals surface area contributed by atoms with Gasteiger partial charge in [-0.15, -0.1) is 0 Å². The van der Waals surface area contributed by atoms with Crippen LogP contribution in [0.15, 0.2) is 65.6 Å². The molecule has 0 fully saturated rings. The van der Waals surface area contributed by atoms with Gasteiger partial charge in [0.15, 0.2) is 0 Å². The number of para-hydroxylation sites is 1. The topological polar surface area (TPSA) is 112 Å². The molecule has 0 aromatic heterocycles. The van der Waals surface area contributed by atoms with Crippen LogP contribution in [0.1, 0.15) is 15.9 Å². The molecule has 0 spiro atoms. The molecular weight excluding hydrogens is 488 g/mol. The summed E-state index contributed by atoms with van der Waals surface area (Å²) in [6.45, 7) is -0.0863. The molecule has 1 aliphatic heterocycles. The number of benzene rings is 3. The van der Waals surface area contributed by atoms with Gasteiger partial charge in [-0.1, -0.05) is 12.1 Å². The van der Waals surface area contributed by atoms with Crippen LogP contribution in [0, 0.1) is 0 Å². The summed E-state index contributed by atoms with van der Waals surface area (Å²) in [6, 6.07) is 14.5. The Balaban J connectivity index is 1.88. The van der Waals surface area contributed by atoms with Gasteiger partial charge in [-0.3, -0.25) is 4.90 Å². The zero-order chi connectivity index (χ0) is 26.0. The average Bonchev–Trinajstić information content (AvgIpc) is 2.90. The summed E-state index contributed by atoms with van der Waals surface area (Å²) >= 11 is 0. The predicted molar refractivity (Wildman–Crippen MR) is 132 cm³/mol. The number of nitrogens with zero attached hydrogens (tertiary/aromatic N) is 2. The number of hydrogen-bond acceptors (Lipinski definition) is 8. The maximum absolute atomic E-state index is 13.8. The Bertz CT molecular complexity index is 1420. The molecular formula is C25H24N2O8S. The summed E-state index contributed by atoms with van der Waals surface area (Å²) in [6.07, 6.45) is 0. The number of urea groups is 1. The van der Waals surface area contributed by atoms with E-state index in [0.717, 1.165) is 0 Å². The second-order valence-corrected chi connectivity index (χ2v) is 9.45. The van der Waals surface area contributed by atoms with Crippen LogP contribution < -0.4 is 23.4 Å². The Hall–Kier alpha value is -4.25. The van der Waals surface area contributed by atoms with E-state index in [4.69, 9.17) is 18.9 Å². The largest absolute Gasteiger partial charge is 0.497 e. The highest BCUT2D eigenvalue weighted by Gasteiger charge is 2.43. The zero-order valence-electron chi connectivity index (χ0n) is 20.0. The first kappa shape index (κ1) is 24.9. The van der Waals surface area contributed by atoms with E-state index in [9.17, 15) is 18.0 Å². The Morgan fingerprint density at radius 1 is 0.861 bits per heavy atom. The summed E-state index contributed by atoms with van der Waals surface area (Å²) in [5.74, 6) is 0.475. The minimum atomic E-state index is -4.28. The van der Waals surface area contributed by atoms with Crippen LogP contribution in [-0.2, 0) is 21.3 Å². The number of amides is 2. The lowest BCUT2D eigenvalue weighted by Crippen LogP contribution is -2.50. The first-order chi connectivity index (χ1) is 17.2. The van der Waals surface area contributed by atoms with Crippen LogP contribution in [-0.4, -0.2) is 48.9 Å². The average molecular weight is 513 g/mol. The van der Waals surface area contributed by atoms with Crippen molar-refractivity contribution >= 4 is 33.4 Å². The maximum atomic E-state index is 13.8. The van der Waals surface area contributed by atoms with Gasteiger partial charge in [0.25, 0.3) is 10.0 Å². The molecule has 1 heterocycles. The van der Waals surface area contributed by atoms with Gasteiger partial charge in [-0.05, 0) is 30.3 Å². The van der Waals surface area contributed by atoms with Crippen molar-refractivity contribution < 1.29 is 37.0 Å². The maximum Gasteiger partial charge on any atom is 0.343 e. The first-order valence-corrected chi connectivity index (χ1v) is 12.1. The Labute approximate surface area is 208 Å². The molecule has 3 aromatic carbocycles. The molecule has 0 bridgehead atoms. The molecule has 11 heteroatoms. The molecule has 0 atom stereocenters. The minimum Gasteiger partial charge on any atom is -0.497 e. The molecule has 2 amide bonds. The number of esters is 1. The number of anilines is 2. The lowest BCUT2D eigenvalue weighted by molar-refractivity contribution is 0.0600. The normalized spacial score (nSPS) is 14.2. The standard InChI is InChI=1S/C25H24N2O8S/c1-32-19-12-18(13-20(14-19)33-2)27-25(29)26(21-7-5-6-8-23(21)36(27,30)31)15-17-11-16(24(28)35-4)9-10-22(17)34-3/h5-14H,15H2,1-4H3. The zero-order valence-corrected chi connectivity index (χ0v) is 20.9. The van der Waals surface area contributed by atoms with Crippen molar-refractivity contribution in [2.45, 2.75) is 11.4 Å². The van der Waals surface area contributed by atoms with E-state index >= 15 is 0 Å². The number of carbonyl (C=O) groups excluding carboxylic acids is 2. The van der Waals surface area contributed by atoms with Gasteiger partial charge < -0.3 is 18.9 Å². The molecule has 0 N–H and O–H groups in total. The third-order valence-electron chi connectivity index (χ3n) is 5.68. The van der Waals surface area contributed by atoms with Crippen molar-refractivity contribution in [1.82, 2.24) is 0 Å². The molecule has 188 valence electrons. The predicted octanol–water partition coefficient (Wildman–Crippen LogP) is 3.83. The van der Waals surface area contributed by atoms with Crippen molar-refractivity contribution in [3.63, 3.8) is 0 Å². The van der Waals surface area contributed by atoms with Crippen molar-refractivity contribution in [1.29, 1.82) is 0 Å². The molecule has 0 aliphatic carbocycles. The number of methoxy groups -OCH3 is 4. The second kappa shape index (κ2) is 9.78. The molecule has 0 saturated heterocycles. The van der Waals surface area contributed by atoms with Crippen LogP contribution in [0.2, 0.25) is 0 Å². The summed E-state index contributed by atoms with van der Waals surface area (Å²) in [5, 5.41) is 0. The van der Waals surface area contributed by atoms with Crippen molar-refractivity contribution in [2.24, 2.45) is 0 Å². The Morgan fingerprint density at radius 3 is 2.14 bits per heavy atom. The quantitative estimate of drug-likeness (QED) is 0.439. The van der Waals surface area contributed by atoms with E-state index in [1.165, 1.54) is 51.5 Å². The van der Waals surface area contributed by atoms with E-state index in [-0.39, 0.29) is 28.4 Å². The third kappa shape index (κ3) is 4.29. The Morgan fingerprint density at radius 2 is 1.53 bits per heavy atom. The van der Waals surface area contributed by atoms with Gasteiger partial charge in [0, 0.05) is 23.8 Å². The SMILES string of the molecule is COC(=O)c1ccc(OC)c(CN2C(=O)N(c3cc(OC)cc(OC)c3)S(=O)(=O)c3ccccc32)c1. The second-order valence-electron chi connectivity index (χ2n) is 7.69. The van der Waals surface area contributed by atoms with E-state index in [1.54, 1.807) is 42.5 Å². The molecule has 0 unspecified atom stereocenters. The van der Waals surface area contributed by atoms with Gasteiger partial charge in [0.1, 0.15) is 22.1 Å². The number of fused-ring (bicyclic) bond motifs is 1. The van der Waals surface area contributed by atoms with Crippen LogP contribution >= 0.6 is 0 Å². The number of ether oxygens (including phenoxy) is 4. The van der Waals surface area contributed by atoms with Crippen molar-refractivity contribution in [3.8, 4) is 17.2 Å². The van der Waals surface area contributed by atoms with Crippen LogP contribution in [0.25, 0.3) is 0 Å². The van der Waals surface area contributed by atoms with Gasteiger partial charge in [0.2, 0.25) is 0 Å². The van der Waals surface area contributed by atoms with Crippen LogP contribution in [0.5, 0.6) is 17.2 Å². The fourth-order valence-corrected chi connectivity index (χ4v) is 5.52. The van der Waals surface area contributed by atoms with Crippen LogP contribution in [0.4, 0.5) is 16.2 Å². The van der Waals surface area contributed by atoms with E-state index in [2.05, 4.69) is 0 Å². The van der Waals surface area contributed by atoms with Gasteiger partial charge in [-0.25, -0.2) is 18.0 Å². The van der Waals surface area contributed by atoms with Crippen LogP contribution in [0.3, 0.4) is 0 Å². The Kier molecular flexibility index (Phi) is 6.75. The number of sulfonamides is 1. The molecule has 4 rings (SSSR count). The van der Waals surface area contributed by atoms with E-state index in [0.29, 0.717) is 27.1 Å². The van der Waals surface area contributed by atoms with E-state index < -0.39 is 22.0 Å². The molecule has 1 aliphatic rings. The molecule has 36 heavy (non-hydrogen) atoms. The highest BCUT2D eigenvalue weighted by atomic mass is 32.2. The van der Waals surface area contributed by atoms with Gasteiger partial charge >= 0.3 is 12.0 Å². The molecule has 10 nitrogen and oxygen atoms in total. The number of rotatable bonds is 7. The summed E-state index contributed by atoms with van der Waals surface area (Å²) in [5.41, 5.74) is 0.976. The van der Waals surface area contributed by atoms with Gasteiger partial charge in [0.05, 0.1) is 51.9 Å².